The monoisotopic (exact) mass is 482 g/mol. The van der Waals surface area contributed by atoms with Crippen molar-refractivity contribution in [1.82, 2.24) is 0 Å². The predicted molar refractivity (Wildman–Crippen MR) is 119 cm³/mol. The summed E-state index contributed by atoms with van der Waals surface area (Å²) in [6, 6.07) is 8.50. The summed E-state index contributed by atoms with van der Waals surface area (Å²) < 4.78 is 15.4. The highest BCUT2D eigenvalue weighted by Gasteiger charge is 2.59. The highest BCUT2D eigenvalue weighted by molar-refractivity contribution is 8.04. The Bertz CT molecular complexity index is 1320. The number of anilines is 1. The zero-order valence-corrected chi connectivity index (χ0v) is 18.8. The van der Waals surface area contributed by atoms with Gasteiger partial charge >= 0.3 is 11.9 Å². The number of benzene rings is 2. The van der Waals surface area contributed by atoms with E-state index < -0.39 is 40.8 Å². The minimum absolute atomic E-state index is 0.0832. The number of fused-ring (bicyclic) bond motifs is 5. The van der Waals surface area contributed by atoms with Crippen molar-refractivity contribution in [3.8, 4) is 17.2 Å². The highest BCUT2D eigenvalue weighted by atomic mass is 32.2. The molecule has 0 bridgehead atoms. The van der Waals surface area contributed by atoms with E-state index in [1.54, 1.807) is 6.07 Å². The van der Waals surface area contributed by atoms with Crippen LogP contribution in [-0.4, -0.2) is 48.3 Å². The van der Waals surface area contributed by atoms with Crippen molar-refractivity contribution in [2.75, 3.05) is 19.1 Å². The standard InChI is InChI=1S/C23H18N2O8S/c1-31-13-6-3-9(22(29)32-2)7-12(13)25-20(27)16-15-11-5-4-10(26)8-14(11)33-23(30)17(15)19(24)34-18(16)21(25)28/h3-8,15-16,18,26H,24H2,1-2H3/t15-,16+,18+/m1/s1. The van der Waals surface area contributed by atoms with Crippen LogP contribution in [0.5, 0.6) is 17.2 Å². The molecular formula is C23H18N2O8S. The molecule has 3 N–H and O–H groups in total. The lowest BCUT2D eigenvalue weighted by atomic mass is 9.77. The summed E-state index contributed by atoms with van der Waals surface area (Å²) in [4.78, 5) is 53.1. The van der Waals surface area contributed by atoms with Crippen LogP contribution >= 0.6 is 11.8 Å². The molecule has 0 aliphatic carbocycles. The number of nitrogens with two attached hydrogens (primary N) is 1. The molecule has 2 amide bonds. The van der Waals surface area contributed by atoms with Gasteiger partial charge in [0.15, 0.2) is 0 Å². The normalized spacial score (nSPS) is 23.2. The second-order valence-corrected chi connectivity index (χ2v) is 9.00. The van der Waals surface area contributed by atoms with E-state index in [2.05, 4.69) is 0 Å². The Labute approximate surface area is 197 Å². The molecule has 2 aromatic carbocycles. The van der Waals surface area contributed by atoms with Crippen LogP contribution in [0.15, 0.2) is 47.0 Å². The first-order chi connectivity index (χ1) is 16.3. The molecule has 1 fully saturated rings. The molecule has 0 unspecified atom stereocenters. The van der Waals surface area contributed by atoms with Crippen molar-refractivity contribution in [3.05, 3.63) is 58.1 Å². The van der Waals surface area contributed by atoms with Gasteiger partial charge in [0.25, 0.3) is 0 Å². The molecule has 0 spiro atoms. The molecule has 0 aromatic heterocycles. The number of nitrogens with zero attached hydrogens (tertiary/aromatic N) is 1. The number of amides is 2. The van der Waals surface area contributed by atoms with Gasteiger partial charge in [0, 0.05) is 17.5 Å². The number of thioether (sulfide) groups is 1. The third-order valence-electron chi connectivity index (χ3n) is 6.08. The first-order valence-electron chi connectivity index (χ1n) is 10.1. The summed E-state index contributed by atoms with van der Waals surface area (Å²) in [5, 5.41) is 9.01. The van der Waals surface area contributed by atoms with Crippen LogP contribution in [0.2, 0.25) is 0 Å². The third kappa shape index (κ3) is 3.04. The average Bonchev–Trinajstić information content (AvgIpc) is 3.06. The Balaban J connectivity index is 1.65. The van der Waals surface area contributed by atoms with Crippen molar-refractivity contribution < 1.29 is 38.5 Å². The van der Waals surface area contributed by atoms with E-state index in [0.717, 1.165) is 16.7 Å². The van der Waals surface area contributed by atoms with E-state index in [-0.39, 0.29) is 39.1 Å². The van der Waals surface area contributed by atoms with Crippen molar-refractivity contribution >= 4 is 41.2 Å². The van der Waals surface area contributed by atoms with Gasteiger partial charge in [-0.05, 0) is 24.3 Å². The van der Waals surface area contributed by atoms with Gasteiger partial charge in [-0.2, -0.15) is 0 Å². The maximum absolute atomic E-state index is 13.8. The number of phenols is 1. The third-order valence-corrected chi connectivity index (χ3v) is 7.30. The summed E-state index contributed by atoms with van der Waals surface area (Å²) >= 11 is 0.926. The van der Waals surface area contributed by atoms with Crippen LogP contribution in [0.4, 0.5) is 5.69 Å². The Morgan fingerprint density at radius 2 is 1.88 bits per heavy atom. The number of carbonyl (C=O) groups is 4. The molecule has 3 aliphatic heterocycles. The van der Waals surface area contributed by atoms with Gasteiger partial charge in [-0.3, -0.25) is 9.59 Å². The molecule has 3 aliphatic rings. The number of phenolic OH excluding ortho intramolecular Hbond substituents is 1. The summed E-state index contributed by atoms with van der Waals surface area (Å²) in [6.07, 6.45) is 0. The molecule has 3 atom stereocenters. The molecule has 10 nitrogen and oxygen atoms in total. The van der Waals surface area contributed by atoms with Gasteiger partial charge in [0.2, 0.25) is 11.8 Å². The van der Waals surface area contributed by atoms with E-state index in [1.807, 2.05) is 0 Å². The molecule has 174 valence electrons. The lowest BCUT2D eigenvalue weighted by molar-refractivity contribution is -0.131. The number of rotatable bonds is 3. The van der Waals surface area contributed by atoms with Crippen molar-refractivity contribution in [1.29, 1.82) is 0 Å². The van der Waals surface area contributed by atoms with E-state index >= 15 is 0 Å². The first-order valence-corrected chi connectivity index (χ1v) is 11.0. The Hall–Kier alpha value is -3.99. The lowest BCUT2D eigenvalue weighted by Crippen LogP contribution is -2.39. The summed E-state index contributed by atoms with van der Waals surface area (Å²) in [5.41, 5.74) is 6.95. The summed E-state index contributed by atoms with van der Waals surface area (Å²) in [5.74, 6) is -4.15. The number of esters is 2. The van der Waals surface area contributed by atoms with Crippen molar-refractivity contribution in [2.45, 2.75) is 11.2 Å². The fraction of sp³-hybridized carbons (Fsp3) is 0.217. The molecule has 5 rings (SSSR count). The van der Waals surface area contributed by atoms with E-state index in [0.29, 0.717) is 5.56 Å². The molecule has 2 aromatic rings. The van der Waals surface area contributed by atoms with Crippen LogP contribution in [0, 0.1) is 5.92 Å². The molecule has 1 saturated heterocycles. The lowest BCUT2D eigenvalue weighted by Gasteiger charge is -2.36. The smallest absolute Gasteiger partial charge is 0.342 e. The van der Waals surface area contributed by atoms with Gasteiger partial charge in [-0.15, -0.1) is 0 Å². The molecule has 34 heavy (non-hydrogen) atoms. The minimum Gasteiger partial charge on any atom is -0.508 e. The quantitative estimate of drug-likeness (QED) is 0.376. The maximum atomic E-state index is 13.8. The van der Waals surface area contributed by atoms with Gasteiger partial charge in [-0.25, -0.2) is 14.5 Å². The molecule has 3 heterocycles. The highest BCUT2D eigenvalue weighted by Crippen LogP contribution is 2.55. The zero-order chi connectivity index (χ0) is 24.3. The average molecular weight is 482 g/mol. The van der Waals surface area contributed by atoms with Gasteiger partial charge in [-0.1, -0.05) is 17.8 Å². The van der Waals surface area contributed by atoms with Gasteiger partial charge < -0.3 is 25.1 Å². The fourth-order valence-corrected chi connectivity index (χ4v) is 5.83. The number of aromatic hydroxyl groups is 1. The Kier molecular flexibility index (Phi) is 5.01. The number of hydrogen-bond acceptors (Lipinski definition) is 10. The van der Waals surface area contributed by atoms with Crippen LogP contribution in [0.1, 0.15) is 21.8 Å². The van der Waals surface area contributed by atoms with E-state index in [4.69, 9.17) is 19.9 Å². The minimum atomic E-state index is -0.970. The van der Waals surface area contributed by atoms with Crippen LogP contribution in [0.25, 0.3) is 0 Å². The second kappa shape index (κ2) is 7.80. The molecule has 0 radical (unpaired) electrons. The van der Waals surface area contributed by atoms with Crippen LogP contribution in [-0.2, 0) is 19.1 Å². The predicted octanol–water partition coefficient (Wildman–Crippen LogP) is 1.67. The number of ether oxygens (including phenoxy) is 3. The Morgan fingerprint density at radius 1 is 1.12 bits per heavy atom. The maximum Gasteiger partial charge on any atom is 0.342 e. The SMILES string of the molecule is COC(=O)c1ccc(OC)c(N2C(=O)[C@@H]3[C@H](SC(N)=C4C(=O)Oc5cc(O)ccc5[C@@H]43)C2=O)c1. The second-order valence-electron chi connectivity index (χ2n) is 7.82. The number of carbonyl (C=O) groups excluding carboxylic acids is 4. The van der Waals surface area contributed by atoms with Crippen LogP contribution in [0.3, 0.4) is 0 Å². The van der Waals surface area contributed by atoms with Crippen LogP contribution < -0.4 is 20.1 Å². The molecular weight excluding hydrogens is 464 g/mol. The molecule has 0 saturated carbocycles. The Morgan fingerprint density at radius 3 is 2.59 bits per heavy atom. The van der Waals surface area contributed by atoms with Gasteiger partial charge in [0.1, 0.15) is 22.5 Å². The zero-order valence-electron chi connectivity index (χ0n) is 17.9. The molecule has 11 heteroatoms. The number of hydrogen-bond donors (Lipinski definition) is 2. The largest absolute Gasteiger partial charge is 0.508 e. The first kappa shape index (κ1) is 21.8. The van der Waals surface area contributed by atoms with Crippen molar-refractivity contribution in [2.24, 2.45) is 11.7 Å². The number of methoxy groups -OCH3 is 2. The summed E-state index contributed by atoms with van der Waals surface area (Å²) in [6.45, 7) is 0. The van der Waals surface area contributed by atoms with Crippen molar-refractivity contribution in [3.63, 3.8) is 0 Å². The van der Waals surface area contributed by atoms with E-state index in [9.17, 15) is 24.3 Å². The topological polar surface area (TPSA) is 145 Å². The van der Waals surface area contributed by atoms with Gasteiger partial charge in [0.05, 0.1) is 42.0 Å². The van der Waals surface area contributed by atoms with E-state index in [1.165, 1.54) is 44.6 Å². The number of imide groups is 1. The fourth-order valence-electron chi connectivity index (χ4n) is 4.59. The summed E-state index contributed by atoms with van der Waals surface area (Å²) in [7, 11) is 2.60.